The van der Waals surface area contributed by atoms with Gasteiger partial charge in [-0.1, -0.05) is 51.8 Å². The minimum absolute atomic E-state index is 0.184. The third kappa shape index (κ3) is 4.95. The molecule has 3 aromatic carbocycles. The van der Waals surface area contributed by atoms with Crippen LogP contribution in [0.1, 0.15) is 29.1 Å². The van der Waals surface area contributed by atoms with Crippen molar-refractivity contribution in [3.8, 4) is 22.8 Å². The number of anilines is 1. The highest BCUT2D eigenvalue weighted by Crippen LogP contribution is 2.43. The first-order valence-electron chi connectivity index (χ1n) is 12.3. The summed E-state index contributed by atoms with van der Waals surface area (Å²) in [5, 5.41) is 4.09. The number of furan rings is 1. The number of ether oxygens (including phenoxy) is 1. The molecule has 188 valence electrons. The molecule has 5 aromatic rings. The molecule has 7 heteroatoms. The Labute approximate surface area is 235 Å². The van der Waals surface area contributed by atoms with Crippen molar-refractivity contribution in [3.05, 3.63) is 131 Å². The van der Waals surface area contributed by atoms with Crippen LogP contribution in [0.2, 0.25) is 0 Å². The maximum absolute atomic E-state index is 6.45. The Morgan fingerprint density at radius 1 is 0.868 bits per heavy atom. The van der Waals surface area contributed by atoms with Crippen LogP contribution < -0.4 is 15.0 Å². The number of hydrogen-bond donors (Lipinski definition) is 1. The third-order valence-electron chi connectivity index (χ3n) is 6.52. The molecular formula is C31H24BrN3O2S. The van der Waals surface area contributed by atoms with Crippen LogP contribution in [0.4, 0.5) is 5.69 Å². The molecule has 1 fully saturated rings. The van der Waals surface area contributed by atoms with Crippen molar-refractivity contribution in [1.82, 2.24) is 10.3 Å². The number of benzene rings is 3. The van der Waals surface area contributed by atoms with Crippen LogP contribution in [0.15, 0.2) is 118 Å². The largest absolute Gasteiger partial charge is 0.459 e. The maximum Gasteiger partial charge on any atom is 0.174 e. The molecule has 1 aliphatic rings. The van der Waals surface area contributed by atoms with E-state index >= 15 is 0 Å². The molecule has 1 saturated heterocycles. The zero-order valence-corrected chi connectivity index (χ0v) is 22.9. The quantitative estimate of drug-likeness (QED) is 0.203. The number of hydrogen-bond acceptors (Lipinski definition) is 4. The lowest BCUT2D eigenvalue weighted by molar-refractivity contribution is 0.439. The number of nitrogens with zero attached hydrogens (tertiary/aromatic N) is 2. The summed E-state index contributed by atoms with van der Waals surface area (Å²) in [5.41, 5.74) is 4.02. The normalized spacial score (nSPS) is 16.9. The second-order valence-electron chi connectivity index (χ2n) is 9.11. The van der Waals surface area contributed by atoms with Crippen LogP contribution in [-0.4, -0.2) is 10.1 Å². The molecule has 0 aliphatic carbocycles. The first-order chi connectivity index (χ1) is 18.5. The van der Waals surface area contributed by atoms with Crippen molar-refractivity contribution in [2.45, 2.75) is 19.0 Å². The Balaban J connectivity index is 1.34. The number of rotatable bonds is 6. The van der Waals surface area contributed by atoms with E-state index in [9.17, 15) is 0 Å². The number of aromatic nitrogens is 1. The average Bonchev–Trinajstić information content (AvgIpc) is 3.56. The van der Waals surface area contributed by atoms with Crippen molar-refractivity contribution < 1.29 is 9.15 Å². The van der Waals surface area contributed by atoms with Gasteiger partial charge in [0.25, 0.3) is 0 Å². The number of nitrogens with one attached hydrogen (secondary N) is 1. The van der Waals surface area contributed by atoms with Gasteiger partial charge in [0.15, 0.2) is 5.11 Å². The molecule has 0 unspecified atom stereocenters. The molecule has 1 aliphatic heterocycles. The summed E-state index contributed by atoms with van der Waals surface area (Å²) in [6.45, 7) is 2.06. The lowest BCUT2D eigenvalue weighted by Crippen LogP contribution is -2.29. The molecule has 2 aromatic heterocycles. The topological polar surface area (TPSA) is 50.5 Å². The highest BCUT2D eigenvalue weighted by Gasteiger charge is 2.42. The number of aryl methyl sites for hydroxylation is 1. The van der Waals surface area contributed by atoms with Gasteiger partial charge in [0.1, 0.15) is 29.1 Å². The van der Waals surface area contributed by atoms with E-state index in [-0.39, 0.29) is 12.1 Å². The minimum atomic E-state index is -0.231. The van der Waals surface area contributed by atoms with Crippen molar-refractivity contribution in [2.75, 3.05) is 4.90 Å². The Morgan fingerprint density at radius 3 is 2.26 bits per heavy atom. The van der Waals surface area contributed by atoms with Gasteiger partial charge in [-0.05, 0) is 91.9 Å². The maximum atomic E-state index is 6.45. The molecule has 0 radical (unpaired) electrons. The number of thiocarbonyl (C=S) groups is 1. The molecular weight excluding hydrogens is 558 g/mol. The minimum Gasteiger partial charge on any atom is -0.459 e. The van der Waals surface area contributed by atoms with E-state index in [1.807, 2.05) is 103 Å². The fraction of sp³-hybridized carbons (Fsp3) is 0.0968. The summed E-state index contributed by atoms with van der Waals surface area (Å²) in [5.74, 6) is 3.15. The first-order valence-corrected chi connectivity index (χ1v) is 13.5. The van der Waals surface area contributed by atoms with Gasteiger partial charge in [0.2, 0.25) is 0 Å². The lowest BCUT2D eigenvalue weighted by Gasteiger charge is -2.26. The van der Waals surface area contributed by atoms with Crippen LogP contribution in [-0.2, 0) is 0 Å². The van der Waals surface area contributed by atoms with Crippen LogP contribution >= 0.6 is 28.1 Å². The van der Waals surface area contributed by atoms with Crippen molar-refractivity contribution in [3.63, 3.8) is 0 Å². The van der Waals surface area contributed by atoms with E-state index in [2.05, 4.69) is 38.1 Å². The summed E-state index contributed by atoms with van der Waals surface area (Å²) in [7, 11) is 0. The predicted molar refractivity (Wildman–Crippen MR) is 157 cm³/mol. The van der Waals surface area contributed by atoms with Crippen molar-refractivity contribution in [2.24, 2.45) is 0 Å². The van der Waals surface area contributed by atoms with Crippen molar-refractivity contribution in [1.29, 1.82) is 0 Å². The van der Waals surface area contributed by atoms with E-state index in [0.29, 0.717) is 5.11 Å². The van der Waals surface area contributed by atoms with Crippen LogP contribution in [0.3, 0.4) is 0 Å². The van der Waals surface area contributed by atoms with Gasteiger partial charge in [-0.25, -0.2) is 0 Å². The standard InChI is InChI=1S/C31H24BrN3O2S/c1-20-5-13-24(14-6-20)36-25-15-11-23(12-16-25)35-30(29(34-31(35)38)26-4-2-3-19-33-26)28-18-17-27(37-28)21-7-9-22(32)10-8-21/h2-19,29-30H,1H3,(H,34,38)/t29-,30+/m0/s1. The van der Waals surface area contributed by atoms with Gasteiger partial charge in [-0.3, -0.25) is 4.98 Å². The van der Waals surface area contributed by atoms with E-state index in [4.69, 9.17) is 21.4 Å². The molecule has 38 heavy (non-hydrogen) atoms. The second-order valence-corrected chi connectivity index (χ2v) is 10.4. The van der Waals surface area contributed by atoms with Gasteiger partial charge >= 0.3 is 0 Å². The van der Waals surface area contributed by atoms with E-state index in [1.54, 1.807) is 6.20 Å². The summed E-state index contributed by atoms with van der Waals surface area (Å²) >= 11 is 9.35. The first kappa shape index (κ1) is 24.4. The zero-order valence-electron chi connectivity index (χ0n) is 20.5. The fourth-order valence-corrected chi connectivity index (χ4v) is 5.23. The zero-order chi connectivity index (χ0) is 26.1. The molecule has 0 spiro atoms. The Kier molecular flexibility index (Phi) is 6.70. The van der Waals surface area contributed by atoms with E-state index in [0.717, 1.165) is 44.4 Å². The molecule has 6 rings (SSSR count). The van der Waals surface area contributed by atoms with Crippen LogP contribution in [0.5, 0.6) is 11.5 Å². The lowest BCUT2D eigenvalue weighted by atomic mass is 10.0. The summed E-state index contributed by atoms with van der Waals surface area (Å²) in [4.78, 5) is 6.72. The Bertz CT molecular complexity index is 1550. The second kappa shape index (κ2) is 10.4. The van der Waals surface area contributed by atoms with Crippen LogP contribution in [0, 0.1) is 6.92 Å². The fourth-order valence-electron chi connectivity index (χ4n) is 4.62. The molecule has 1 N–H and O–H groups in total. The van der Waals surface area contributed by atoms with Gasteiger partial charge in [0, 0.05) is 21.9 Å². The van der Waals surface area contributed by atoms with Gasteiger partial charge in [-0.2, -0.15) is 0 Å². The number of pyridine rings is 1. The smallest absolute Gasteiger partial charge is 0.174 e. The van der Waals surface area contributed by atoms with Gasteiger partial charge in [0.05, 0.1) is 11.7 Å². The Hall–Kier alpha value is -3.94. The molecule has 0 bridgehead atoms. The Morgan fingerprint density at radius 2 is 1.58 bits per heavy atom. The molecule has 3 heterocycles. The number of halogens is 1. The predicted octanol–water partition coefficient (Wildman–Crippen LogP) is 8.38. The van der Waals surface area contributed by atoms with Crippen LogP contribution in [0.25, 0.3) is 11.3 Å². The van der Waals surface area contributed by atoms with Gasteiger partial charge < -0.3 is 19.4 Å². The van der Waals surface area contributed by atoms with E-state index in [1.165, 1.54) is 5.56 Å². The molecule has 5 nitrogen and oxygen atoms in total. The highest BCUT2D eigenvalue weighted by atomic mass is 79.9. The van der Waals surface area contributed by atoms with Crippen molar-refractivity contribution >= 4 is 38.9 Å². The monoisotopic (exact) mass is 581 g/mol. The summed E-state index contributed by atoms with van der Waals surface area (Å²) in [6.07, 6.45) is 1.80. The summed E-state index contributed by atoms with van der Waals surface area (Å²) in [6, 6.07) is 33.6. The summed E-state index contributed by atoms with van der Waals surface area (Å²) < 4.78 is 13.5. The molecule has 2 atom stereocenters. The van der Waals surface area contributed by atoms with Gasteiger partial charge in [-0.15, -0.1) is 0 Å². The molecule has 0 saturated carbocycles. The molecule has 0 amide bonds. The highest BCUT2D eigenvalue weighted by molar-refractivity contribution is 9.10. The SMILES string of the molecule is Cc1ccc(Oc2ccc(N3C(=S)N[C@@H](c4ccccn4)[C@H]3c3ccc(-c4ccc(Br)cc4)o3)cc2)cc1. The van der Waals surface area contributed by atoms with E-state index < -0.39 is 0 Å². The average molecular weight is 583 g/mol. The third-order valence-corrected chi connectivity index (χ3v) is 7.36.